The van der Waals surface area contributed by atoms with Gasteiger partial charge in [0.2, 0.25) is 0 Å². The number of hydrogen-bond donors (Lipinski definition) is 0. The van der Waals surface area contributed by atoms with Crippen LogP contribution in [0.4, 0.5) is 0 Å². The Morgan fingerprint density at radius 1 is 0.774 bits per heavy atom. The smallest absolute Gasteiger partial charge is 0.181 e. The fourth-order valence-corrected chi connectivity index (χ4v) is 8.37. The van der Waals surface area contributed by atoms with Gasteiger partial charge in [-0.2, -0.15) is 0 Å². The van der Waals surface area contributed by atoms with E-state index < -0.39 is 19.7 Å². The van der Waals surface area contributed by atoms with Crippen molar-refractivity contribution in [3.8, 4) is 0 Å². The SMILES string of the molecule is Cc1ccc(S(=O)(=O)C[C@H](C)N2CCOCC2)c(S(=O)(=O)C[C@H](C)N2CCOCC2)c1. The number of nitrogens with zero attached hydrogens (tertiary/aromatic N) is 2. The van der Waals surface area contributed by atoms with Crippen molar-refractivity contribution >= 4 is 19.7 Å². The summed E-state index contributed by atoms with van der Waals surface area (Å²) in [7, 11) is -7.60. The molecule has 0 aliphatic carbocycles. The van der Waals surface area contributed by atoms with Crippen LogP contribution in [0.15, 0.2) is 28.0 Å². The summed E-state index contributed by atoms with van der Waals surface area (Å²) in [6.45, 7) is 10.5. The topological polar surface area (TPSA) is 93.2 Å². The second-order valence-corrected chi connectivity index (χ2v) is 12.5. The van der Waals surface area contributed by atoms with Crippen molar-refractivity contribution in [2.24, 2.45) is 0 Å². The second kappa shape index (κ2) is 10.3. The average Bonchev–Trinajstić information content (AvgIpc) is 2.74. The van der Waals surface area contributed by atoms with Crippen molar-refractivity contribution in [1.29, 1.82) is 0 Å². The third kappa shape index (κ3) is 6.27. The average molecular weight is 475 g/mol. The molecule has 1 aromatic rings. The van der Waals surface area contributed by atoms with Crippen molar-refractivity contribution in [2.75, 3.05) is 64.1 Å². The number of sulfone groups is 2. The molecule has 0 saturated carbocycles. The first-order chi connectivity index (χ1) is 14.6. The van der Waals surface area contributed by atoms with E-state index in [0.29, 0.717) is 52.6 Å². The minimum atomic E-state index is -3.80. The zero-order valence-electron chi connectivity index (χ0n) is 18.6. The number of ether oxygens (including phenoxy) is 2. The Morgan fingerprint density at radius 2 is 1.19 bits per heavy atom. The molecule has 0 radical (unpaired) electrons. The van der Waals surface area contributed by atoms with Crippen LogP contribution in [0, 0.1) is 6.92 Å². The molecule has 0 spiro atoms. The van der Waals surface area contributed by atoms with E-state index in [2.05, 4.69) is 9.80 Å². The molecule has 2 heterocycles. The van der Waals surface area contributed by atoms with Gasteiger partial charge in [0.1, 0.15) is 0 Å². The Bertz CT molecular complexity index is 952. The van der Waals surface area contributed by atoms with Crippen LogP contribution < -0.4 is 0 Å². The van der Waals surface area contributed by atoms with Gasteiger partial charge in [-0.1, -0.05) is 6.07 Å². The molecular formula is C21H34N2O6S2. The summed E-state index contributed by atoms with van der Waals surface area (Å²) in [5.74, 6) is -0.254. The maximum absolute atomic E-state index is 13.3. The van der Waals surface area contributed by atoms with E-state index in [0.717, 1.165) is 5.56 Å². The number of morpholine rings is 2. The van der Waals surface area contributed by atoms with E-state index in [1.54, 1.807) is 13.0 Å². The van der Waals surface area contributed by atoms with Crippen LogP contribution in [0.1, 0.15) is 19.4 Å². The predicted octanol–water partition coefficient (Wildman–Crippen LogP) is 0.984. The molecule has 2 saturated heterocycles. The fourth-order valence-electron chi connectivity index (χ4n) is 4.18. The Morgan fingerprint density at radius 3 is 1.65 bits per heavy atom. The molecule has 0 N–H and O–H groups in total. The predicted molar refractivity (Wildman–Crippen MR) is 119 cm³/mol. The van der Waals surface area contributed by atoms with Crippen molar-refractivity contribution < 1.29 is 26.3 Å². The summed E-state index contributed by atoms with van der Waals surface area (Å²) in [5.41, 5.74) is 0.720. The van der Waals surface area contributed by atoms with Crippen molar-refractivity contribution in [3.63, 3.8) is 0 Å². The molecule has 0 aromatic heterocycles. The molecule has 1 aromatic carbocycles. The van der Waals surface area contributed by atoms with Gasteiger partial charge >= 0.3 is 0 Å². The zero-order valence-corrected chi connectivity index (χ0v) is 20.3. The van der Waals surface area contributed by atoms with Gasteiger partial charge in [0.15, 0.2) is 19.7 Å². The first-order valence-electron chi connectivity index (χ1n) is 10.8. The molecule has 2 aliphatic heterocycles. The largest absolute Gasteiger partial charge is 0.379 e. The summed E-state index contributed by atoms with van der Waals surface area (Å²) in [6.07, 6.45) is 0. The second-order valence-electron chi connectivity index (χ2n) is 8.51. The molecule has 3 rings (SSSR count). The van der Waals surface area contributed by atoms with Gasteiger partial charge in [-0.25, -0.2) is 16.8 Å². The van der Waals surface area contributed by atoms with E-state index in [4.69, 9.17) is 9.47 Å². The van der Waals surface area contributed by atoms with Crippen LogP contribution in [-0.2, 0) is 29.1 Å². The Labute approximate surface area is 186 Å². The minimum Gasteiger partial charge on any atom is -0.379 e. The van der Waals surface area contributed by atoms with E-state index in [1.807, 2.05) is 13.8 Å². The van der Waals surface area contributed by atoms with Gasteiger partial charge < -0.3 is 9.47 Å². The first kappa shape index (κ1) is 24.6. The quantitative estimate of drug-likeness (QED) is 0.551. The minimum absolute atomic E-state index is 0.0817. The van der Waals surface area contributed by atoms with E-state index in [9.17, 15) is 16.8 Å². The maximum Gasteiger partial charge on any atom is 0.181 e. The molecular weight excluding hydrogens is 440 g/mol. The maximum atomic E-state index is 13.3. The van der Waals surface area contributed by atoms with Gasteiger partial charge in [0.05, 0.1) is 47.7 Å². The van der Waals surface area contributed by atoms with Crippen molar-refractivity contribution in [1.82, 2.24) is 9.80 Å². The van der Waals surface area contributed by atoms with E-state index in [-0.39, 0.29) is 33.4 Å². The monoisotopic (exact) mass is 474 g/mol. The van der Waals surface area contributed by atoms with Crippen LogP contribution in [0.3, 0.4) is 0 Å². The van der Waals surface area contributed by atoms with Crippen LogP contribution in [0.5, 0.6) is 0 Å². The van der Waals surface area contributed by atoms with Gasteiger partial charge in [-0.05, 0) is 38.5 Å². The van der Waals surface area contributed by atoms with Crippen molar-refractivity contribution in [2.45, 2.75) is 42.6 Å². The molecule has 31 heavy (non-hydrogen) atoms. The third-order valence-corrected chi connectivity index (χ3v) is 10.0. The lowest BCUT2D eigenvalue weighted by Gasteiger charge is -2.32. The molecule has 10 heteroatoms. The van der Waals surface area contributed by atoms with E-state index >= 15 is 0 Å². The molecule has 2 fully saturated rings. The lowest BCUT2D eigenvalue weighted by atomic mass is 10.2. The van der Waals surface area contributed by atoms with Crippen molar-refractivity contribution in [3.05, 3.63) is 23.8 Å². The summed E-state index contributed by atoms with van der Waals surface area (Å²) < 4.78 is 64.0. The Hall–Kier alpha value is -1.04. The molecule has 2 aliphatic rings. The summed E-state index contributed by atoms with van der Waals surface area (Å²) in [4.78, 5) is 3.98. The summed E-state index contributed by atoms with van der Waals surface area (Å²) in [5, 5.41) is 0. The highest BCUT2D eigenvalue weighted by Gasteiger charge is 2.32. The number of aryl methyl sites for hydroxylation is 1. The molecule has 0 unspecified atom stereocenters. The van der Waals surface area contributed by atoms with Gasteiger partial charge in [0, 0.05) is 38.3 Å². The highest BCUT2D eigenvalue weighted by Crippen LogP contribution is 2.27. The van der Waals surface area contributed by atoms with Crippen LogP contribution in [0.2, 0.25) is 0 Å². The lowest BCUT2D eigenvalue weighted by molar-refractivity contribution is 0.0243. The molecule has 8 nitrogen and oxygen atoms in total. The fraction of sp³-hybridized carbons (Fsp3) is 0.714. The number of hydrogen-bond acceptors (Lipinski definition) is 8. The number of benzene rings is 1. The van der Waals surface area contributed by atoms with Crippen LogP contribution in [-0.4, -0.2) is 103 Å². The molecule has 2 atom stereocenters. The van der Waals surface area contributed by atoms with E-state index in [1.165, 1.54) is 12.1 Å². The highest BCUT2D eigenvalue weighted by molar-refractivity contribution is 7.94. The molecule has 0 amide bonds. The highest BCUT2D eigenvalue weighted by atomic mass is 32.2. The van der Waals surface area contributed by atoms with Gasteiger partial charge in [-0.15, -0.1) is 0 Å². The summed E-state index contributed by atoms with van der Waals surface area (Å²) in [6, 6.07) is 4.16. The molecule has 0 bridgehead atoms. The normalized spacial score (nSPS) is 21.6. The Balaban J connectivity index is 1.84. The number of rotatable bonds is 8. The summed E-state index contributed by atoms with van der Waals surface area (Å²) >= 11 is 0. The Kier molecular flexibility index (Phi) is 8.15. The van der Waals surface area contributed by atoms with Crippen LogP contribution >= 0.6 is 0 Å². The van der Waals surface area contributed by atoms with Crippen LogP contribution in [0.25, 0.3) is 0 Å². The third-order valence-electron chi connectivity index (χ3n) is 6.03. The molecule has 176 valence electrons. The first-order valence-corrected chi connectivity index (χ1v) is 14.1. The van der Waals surface area contributed by atoms with Gasteiger partial charge in [-0.3, -0.25) is 9.80 Å². The lowest BCUT2D eigenvalue weighted by Crippen LogP contribution is -2.45. The standard InChI is InChI=1S/C21H34N2O6S2/c1-17-4-5-20(30(24,25)15-18(2)22-6-10-28-11-7-22)21(14-17)31(26,27)16-19(3)23-8-12-29-13-9-23/h4-5,14,18-19H,6-13,15-16H2,1-3H3/t18-,19-/m0/s1. The van der Waals surface area contributed by atoms with Gasteiger partial charge in [0.25, 0.3) is 0 Å². The zero-order chi connectivity index (χ0) is 22.6.